The van der Waals surface area contributed by atoms with Gasteiger partial charge in [-0.1, -0.05) is 0 Å². The molecule has 1 fully saturated rings. The molecule has 24 heavy (non-hydrogen) atoms. The van der Waals surface area contributed by atoms with Crippen LogP contribution in [0.4, 0.5) is 9.80 Å². The van der Waals surface area contributed by atoms with E-state index in [-0.39, 0.29) is 11.7 Å². The van der Waals surface area contributed by atoms with Gasteiger partial charge < -0.3 is 20.9 Å². The zero-order valence-electron chi connectivity index (χ0n) is 12.7. The van der Waals surface area contributed by atoms with Gasteiger partial charge in [0.2, 0.25) is 5.88 Å². The van der Waals surface area contributed by atoms with E-state index >= 15 is 0 Å². The van der Waals surface area contributed by atoms with Crippen LogP contribution in [0.2, 0.25) is 0 Å². The predicted molar refractivity (Wildman–Crippen MR) is 89.1 cm³/mol. The summed E-state index contributed by atoms with van der Waals surface area (Å²) < 4.78 is 11.0. The molecule has 0 radical (unpaired) electrons. The maximum absolute atomic E-state index is 11.5. The van der Waals surface area contributed by atoms with Crippen molar-refractivity contribution < 1.29 is 19.1 Å². The first kappa shape index (κ1) is 16.2. The van der Waals surface area contributed by atoms with Gasteiger partial charge in [-0.25, -0.2) is 9.78 Å². The quantitative estimate of drug-likeness (QED) is 0.755. The number of aromatic nitrogens is 1. The second-order valence-electron chi connectivity index (χ2n) is 5.20. The Morgan fingerprint density at radius 2 is 2.21 bits per heavy atom. The van der Waals surface area contributed by atoms with Crippen molar-refractivity contribution in [3.63, 3.8) is 0 Å². The molecule has 9 heteroatoms. The van der Waals surface area contributed by atoms with Crippen molar-refractivity contribution in [2.45, 2.75) is 12.5 Å². The summed E-state index contributed by atoms with van der Waals surface area (Å²) in [6, 6.07) is 4.41. The van der Waals surface area contributed by atoms with Crippen molar-refractivity contribution in [1.29, 1.82) is 0 Å². The monoisotopic (exact) mass is 348 g/mol. The zero-order valence-corrected chi connectivity index (χ0v) is 13.5. The highest BCUT2D eigenvalue weighted by Crippen LogP contribution is 2.35. The predicted octanol–water partition coefficient (Wildman–Crippen LogP) is 1.57. The first-order chi connectivity index (χ1) is 11.5. The number of hydrogen-bond donors (Lipinski definition) is 3. The van der Waals surface area contributed by atoms with Crippen molar-refractivity contribution in [2.75, 3.05) is 18.5 Å². The maximum atomic E-state index is 11.5. The molecule has 5 N–H and O–H groups in total. The molecule has 2 aromatic rings. The minimum absolute atomic E-state index is 0.0259. The topological polar surface area (TPSA) is 130 Å². The molecule has 126 valence electrons. The highest BCUT2D eigenvalue weighted by molar-refractivity contribution is 7.20. The molecule has 3 amide bonds. The first-order valence-corrected chi connectivity index (χ1v) is 8.05. The fourth-order valence-corrected chi connectivity index (χ4v) is 3.35. The Bertz CT molecular complexity index is 753. The van der Waals surface area contributed by atoms with Crippen molar-refractivity contribution in [2.24, 2.45) is 11.5 Å². The fraction of sp³-hybridized carbons (Fsp3) is 0.267. The number of thiophene rings is 1. The normalized spacial score (nSPS) is 16.8. The third kappa shape index (κ3) is 3.63. The van der Waals surface area contributed by atoms with Crippen molar-refractivity contribution >= 4 is 28.3 Å². The Morgan fingerprint density at radius 1 is 1.38 bits per heavy atom. The van der Waals surface area contributed by atoms with E-state index in [1.165, 1.54) is 11.3 Å². The lowest BCUT2D eigenvalue weighted by molar-refractivity contribution is 0.100. The van der Waals surface area contributed by atoms with Crippen LogP contribution in [0.3, 0.4) is 0 Å². The van der Waals surface area contributed by atoms with E-state index in [0.717, 1.165) is 16.9 Å². The Balaban J connectivity index is 1.80. The van der Waals surface area contributed by atoms with Crippen molar-refractivity contribution in [3.05, 3.63) is 30.0 Å². The number of carbonyl (C=O) groups is 2. The van der Waals surface area contributed by atoms with Gasteiger partial charge in [0.15, 0.2) is 0 Å². The van der Waals surface area contributed by atoms with E-state index < -0.39 is 11.9 Å². The molecule has 0 aromatic carbocycles. The highest BCUT2D eigenvalue weighted by Gasteiger charge is 2.19. The molecular weight excluding hydrogens is 332 g/mol. The summed E-state index contributed by atoms with van der Waals surface area (Å²) in [7, 11) is 0. The molecule has 0 unspecified atom stereocenters. The molecule has 1 aliphatic heterocycles. The molecule has 0 saturated carbocycles. The maximum Gasteiger partial charge on any atom is 0.317 e. The summed E-state index contributed by atoms with van der Waals surface area (Å²) >= 11 is 1.19. The molecule has 2 aromatic heterocycles. The number of primary amides is 2. The molecule has 0 bridgehead atoms. The number of nitrogens with two attached hydrogens (primary N) is 2. The van der Waals surface area contributed by atoms with Gasteiger partial charge in [0.1, 0.15) is 11.1 Å². The van der Waals surface area contributed by atoms with Crippen LogP contribution in [0.25, 0.3) is 10.4 Å². The summed E-state index contributed by atoms with van der Waals surface area (Å²) in [5.41, 5.74) is 11.4. The molecular formula is C15H16N4O4S. The Kier molecular flexibility index (Phi) is 4.63. The number of nitrogens with zero attached hydrogens (tertiary/aromatic N) is 1. The molecule has 0 aliphatic carbocycles. The lowest BCUT2D eigenvalue weighted by Crippen LogP contribution is -2.21. The van der Waals surface area contributed by atoms with E-state index in [0.29, 0.717) is 24.1 Å². The molecule has 1 saturated heterocycles. The number of anilines is 1. The number of nitrogens with one attached hydrogen (secondary N) is 1. The van der Waals surface area contributed by atoms with Gasteiger partial charge in [0.25, 0.3) is 5.91 Å². The SMILES string of the molecule is NC(=O)Nc1sc(-c2ccc(O[C@H]3CCOC3)nc2)cc1C(N)=O. The van der Waals surface area contributed by atoms with Crippen LogP contribution in [0.1, 0.15) is 16.8 Å². The first-order valence-electron chi connectivity index (χ1n) is 7.24. The summed E-state index contributed by atoms with van der Waals surface area (Å²) in [4.78, 5) is 27.5. The fourth-order valence-electron chi connectivity index (χ4n) is 2.29. The van der Waals surface area contributed by atoms with Gasteiger partial charge in [-0.2, -0.15) is 0 Å². The number of ether oxygens (including phenoxy) is 2. The summed E-state index contributed by atoms with van der Waals surface area (Å²) in [6.07, 6.45) is 2.51. The zero-order chi connectivity index (χ0) is 17.1. The minimum atomic E-state index is -0.758. The molecule has 3 heterocycles. The summed E-state index contributed by atoms with van der Waals surface area (Å²) in [5, 5.41) is 2.72. The highest BCUT2D eigenvalue weighted by atomic mass is 32.1. The molecule has 0 spiro atoms. The van der Waals surface area contributed by atoms with Gasteiger partial charge in [-0.15, -0.1) is 11.3 Å². The van der Waals surface area contributed by atoms with Gasteiger partial charge in [0, 0.05) is 29.1 Å². The second-order valence-corrected chi connectivity index (χ2v) is 6.25. The number of carbonyl (C=O) groups excluding carboxylic acids is 2. The van der Waals surface area contributed by atoms with E-state index in [1.807, 2.05) is 6.07 Å². The average Bonchev–Trinajstić information content (AvgIpc) is 3.17. The lowest BCUT2D eigenvalue weighted by atomic mass is 10.2. The molecule has 1 atom stereocenters. The average molecular weight is 348 g/mol. The van der Waals surface area contributed by atoms with Crippen LogP contribution in [0, 0.1) is 0 Å². The van der Waals surface area contributed by atoms with Crippen LogP contribution in [0.15, 0.2) is 24.4 Å². The van der Waals surface area contributed by atoms with Gasteiger partial charge >= 0.3 is 6.03 Å². The van der Waals surface area contributed by atoms with Crippen LogP contribution < -0.4 is 21.5 Å². The standard InChI is InChI=1S/C15H16N4O4S/c16-13(20)10-5-11(24-14(10)19-15(17)21)8-1-2-12(18-6-8)23-9-3-4-22-7-9/h1-2,5-6,9H,3-4,7H2,(H2,16,20)(H3,17,19,21)/t9-/m0/s1. The second kappa shape index (κ2) is 6.85. The number of hydrogen-bond acceptors (Lipinski definition) is 6. The van der Waals surface area contributed by atoms with Crippen molar-refractivity contribution in [1.82, 2.24) is 4.98 Å². The number of urea groups is 1. The summed E-state index contributed by atoms with van der Waals surface area (Å²) in [5.74, 6) is -0.133. The van der Waals surface area contributed by atoms with Crippen LogP contribution >= 0.6 is 11.3 Å². The Morgan fingerprint density at radius 3 is 2.79 bits per heavy atom. The summed E-state index contributed by atoms with van der Waals surface area (Å²) in [6.45, 7) is 1.27. The van der Waals surface area contributed by atoms with E-state index in [9.17, 15) is 9.59 Å². The van der Waals surface area contributed by atoms with E-state index in [4.69, 9.17) is 20.9 Å². The lowest BCUT2D eigenvalue weighted by Gasteiger charge is -2.10. The third-order valence-electron chi connectivity index (χ3n) is 3.43. The van der Waals surface area contributed by atoms with E-state index in [2.05, 4.69) is 10.3 Å². The minimum Gasteiger partial charge on any atom is -0.472 e. The Labute approximate surface area is 141 Å². The van der Waals surface area contributed by atoms with Crippen LogP contribution in [0.5, 0.6) is 5.88 Å². The third-order valence-corrected chi connectivity index (χ3v) is 4.53. The molecule has 3 rings (SSSR count). The molecule has 8 nitrogen and oxygen atoms in total. The van der Waals surface area contributed by atoms with Gasteiger partial charge in [-0.3, -0.25) is 10.1 Å². The number of pyridine rings is 1. The smallest absolute Gasteiger partial charge is 0.317 e. The van der Waals surface area contributed by atoms with Gasteiger partial charge in [-0.05, 0) is 12.1 Å². The van der Waals surface area contributed by atoms with Crippen LogP contribution in [-0.4, -0.2) is 36.2 Å². The van der Waals surface area contributed by atoms with Crippen LogP contribution in [-0.2, 0) is 4.74 Å². The van der Waals surface area contributed by atoms with E-state index in [1.54, 1.807) is 18.3 Å². The largest absolute Gasteiger partial charge is 0.472 e. The molecule has 1 aliphatic rings. The Hall–Kier alpha value is -2.65. The van der Waals surface area contributed by atoms with Gasteiger partial charge in [0.05, 0.1) is 18.8 Å². The number of amides is 3. The number of rotatable bonds is 5. The van der Waals surface area contributed by atoms with Crippen molar-refractivity contribution in [3.8, 4) is 16.3 Å².